The van der Waals surface area contributed by atoms with Crippen LogP contribution in [-0.4, -0.2) is 30.1 Å². The van der Waals surface area contributed by atoms with E-state index < -0.39 is 10.0 Å². The second kappa shape index (κ2) is 7.41. The number of aromatic nitrogens is 3. The van der Waals surface area contributed by atoms with Crippen molar-refractivity contribution >= 4 is 32.1 Å². The molecule has 0 saturated heterocycles. The zero-order valence-corrected chi connectivity index (χ0v) is 17.4. The predicted molar refractivity (Wildman–Crippen MR) is 120 cm³/mol. The Balaban J connectivity index is 1.47. The first-order chi connectivity index (χ1) is 15.0. The fraction of sp³-hybridized carbons (Fsp3) is 0.0435. The van der Waals surface area contributed by atoms with E-state index in [1.54, 1.807) is 60.3 Å². The van der Waals surface area contributed by atoms with E-state index in [4.69, 9.17) is 4.74 Å². The van der Waals surface area contributed by atoms with Crippen LogP contribution in [0.15, 0.2) is 90.0 Å². The van der Waals surface area contributed by atoms with Gasteiger partial charge in [-0.15, -0.1) is 5.10 Å². The molecule has 0 aliphatic carbocycles. The topological polar surface area (TPSA) is 85.6 Å². The highest BCUT2D eigenvalue weighted by Crippen LogP contribution is 2.25. The van der Waals surface area contributed by atoms with Crippen molar-refractivity contribution in [1.82, 2.24) is 14.6 Å². The first kappa shape index (κ1) is 19.1. The van der Waals surface area contributed by atoms with Crippen LogP contribution in [0.2, 0.25) is 0 Å². The summed E-state index contributed by atoms with van der Waals surface area (Å²) in [5.74, 6) is 0.480. The van der Waals surface area contributed by atoms with Crippen molar-refractivity contribution < 1.29 is 13.2 Å². The Morgan fingerprint density at radius 1 is 0.903 bits per heavy atom. The number of rotatable bonds is 5. The Morgan fingerprint density at radius 2 is 1.74 bits per heavy atom. The Bertz CT molecular complexity index is 1530. The van der Waals surface area contributed by atoms with Gasteiger partial charge in [0, 0.05) is 17.3 Å². The van der Waals surface area contributed by atoms with Gasteiger partial charge in [-0.25, -0.2) is 17.9 Å². The molecule has 2 aromatic heterocycles. The normalized spacial score (nSPS) is 11.6. The zero-order chi connectivity index (χ0) is 21.4. The molecule has 5 aromatic rings. The summed E-state index contributed by atoms with van der Waals surface area (Å²) in [6, 6.07) is 23.4. The van der Waals surface area contributed by atoms with Gasteiger partial charge < -0.3 is 4.74 Å². The average Bonchev–Trinajstić information content (AvgIpc) is 3.22. The lowest BCUT2D eigenvalue weighted by Gasteiger charge is -2.10. The molecule has 5 rings (SSSR count). The molecule has 0 atom stereocenters. The maximum atomic E-state index is 12.9. The summed E-state index contributed by atoms with van der Waals surface area (Å²) < 4.78 is 35.3. The third-order valence-corrected chi connectivity index (χ3v) is 6.33. The number of imidazole rings is 1. The van der Waals surface area contributed by atoms with E-state index in [0.29, 0.717) is 22.9 Å². The Labute approximate surface area is 179 Å². The van der Waals surface area contributed by atoms with E-state index in [1.807, 2.05) is 36.4 Å². The molecule has 0 saturated carbocycles. The van der Waals surface area contributed by atoms with Crippen LogP contribution >= 0.6 is 0 Å². The summed E-state index contributed by atoms with van der Waals surface area (Å²) in [6.45, 7) is 0. The minimum Gasteiger partial charge on any atom is -0.480 e. The molecule has 1 N–H and O–H groups in total. The number of anilines is 1. The summed E-state index contributed by atoms with van der Waals surface area (Å²) in [6.07, 6.45) is 1.77. The lowest BCUT2D eigenvalue weighted by molar-refractivity contribution is 0.390. The van der Waals surface area contributed by atoms with Crippen LogP contribution in [0.1, 0.15) is 0 Å². The van der Waals surface area contributed by atoms with E-state index >= 15 is 0 Å². The molecule has 0 unspecified atom stereocenters. The fourth-order valence-electron chi connectivity index (χ4n) is 3.40. The Kier molecular flexibility index (Phi) is 4.56. The fourth-order valence-corrected chi connectivity index (χ4v) is 4.49. The van der Waals surface area contributed by atoms with Gasteiger partial charge >= 0.3 is 0 Å². The van der Waals surface area contributed by atoms with Crippen LogP contribution in [-0.2, 0) is 10.0 Å². The van der Waals surface area contributed by atoms with Crippen LogP contribution in [0.4, 0.5) is 5.69 Å². The highest BCUT2D eigenvalue weighted by atomic mass is 32.2. The highest BCUT2D eigenvalue weighted by Gasteiger charge is 2.15. The molecule has 0 bridgehead atoms. The molecule has 0 spiro atoms. The maximum Gasteiger partial charge on any atom is 0.261 e. The molecule has 2 heterocycles. The molecule has 0 amide bonds. The third kappa shape index (κ3) is 3.69. The van der Waals surface area contributed by atoms with Crippen LogP contribution in [0.3, 0.4) is 0 Å². The number of benzene rings is 3. The largest absolute Gasteiger partial charge is 0.480 e. The van der Waals surface area contributed by atoms with Gasteiger partial charge in [0.15, 0.2) is 5.65 Å². The van der Waals surface area contributed by atoms with Gasteiger partial charge in [0.2, 0.25) is 5.88 Å². The van der Waals surface area contributed by atoms with Gasteiger partial charge in [-0.05, 0) is 41.1 Å². The Morgan fingerprint density at radius 3 is 2.58 bits per heavy atom. The van der Waals surface area contributed by atoms with Gasteiger partial charge in [0.05, 0.1) is 23.9 Å². The van der Waals surface area contributed by atoms with Crippen molar-refractivity contribution in [3.05, 3.63) is 85.1 Å². The standard InChI is InChI=1S/C23H18N4O3S/c1-30-23-12-11-22-24-21(15-27(22)25-23)18-7-4-8-19(13-18)26-31(28,29)20-10-9-16-5-2-3-6-17(16)14-20/h2-15,26H,1H3. The van der Waals surface area contributed by atoms with Gasteiger partial charge in [-0.1, -0.05) is 42.5 Å². The van der Waals surface area contributed by atoms with Gasteiger partial charge in [0.1, 0.15) is 0 Å². The predicted octanol–water partition coefficient (Wildman–Crippen LogP) is 4.36. The second-order valence-electron chi connectivity index (χ2n) is 7.00. The molecular formula is C23H18N4O3S. The van der Waals surface area contributed by atoms with Crippen molar-refractivity contribution in [3.8, 4) is 17.1 Å². The van der Waals surface area contributed by atoms with Crippen molar-refractivity contribution in [1.29, 1.82) is 0 Å². The molecule has 7 nitrogen and oxygen atoms in total. The monoisotopic (exact) mass is 430 g/mol. The van der Waals surface area contributed by atoms with Gasteiger partial charge in [-0.3, -0.25) is 4.72 Å². The van der Waals surface area contributed by atoms with Crippen LogP contribution in [0, 0.1) is 0 Å². The van der Waals surface area contributed by atoms with Crippen LogP contribution in [0.25, 0.3) is 27.7 Å². The van der Waals surface area contributed by atoms with E-state index in [9.17, 15) is 8.42 Å². The molecule has 8 heteroatoms. The minimum absolute atomic E-state index is 0.209. The number of sulfonamides is 1. The summed E-state index contributed by atoms with van der Waals surface area (Å²) in [5, 5.41) is 6.16. The number of fused-ring (bicyclic) bond motifs is 2. The molecule has 3 aromatic carbocycles. The molecule has 31 heavy (non-hydrogen) atoms. The SMILES string of the molecule is COc1ccc2nc(-c3cccc(NS(=O)(=O)c4ccc5ccccc5c4)c3)cn2n1. The van der Waals surface area contributed by atoms with Crippen molar-refractivity contribution in [2.24, 2.45) is 0 Å². The van der Waals surface area contributed by atoms with E-state index in [-0.39, 0.29) is 4.90 Å². The van der Waals surface area contributed by atoms with Gasteiger partial charge in [-0.2, -0.15) is 0 Å². The minimum atomic E-state index is -3.74. The van der Waals surface area contributed by atoms with Crippen molar-refractivity contribution in [3.63, 3.8) is 0 Å². The zero-order valence-electron chi connectivity index (χ0n) is 16.6. The van der Waals surface area contributed by atoms with E-state index in [2.05, 4.69) is 14.8 Å². The smallest absolute Gasteiger partial charge is 0.261 e. The number of ether oxygens (including phenoxy) is 1. The van der Waals surface area contributed by atoms with Crippen molar-refractivity contribution in [2.45, 2.75) is 4.90 Å². The molecule has 0 aliphatic rings. The summed E-state index contributed by atoms with van der Waals surface area (Å²) in [7, 11) is -2.19. The number of methoxy groups -OCH3 is 1. The number of nitrogens with one attached hydrogen (secondary N) is 1. The van der Waals surface area contributed by atoms with Gasteiger partial charge in [0.25, 0.3) is 10.0 Å². The molecule has 0 aliphatic heterocycles. The number of hydrogen-bond acceptors (Lipinski definition) is 5. The van der Waals surface area contributed by atoms with Crippen LogP contribution in [0.5, 0.6) is 5.88 Å². The quantitative estimate of drug-likeness (QED) is 0.448. The molecular weight excluding hydrogens is 412 g/mol. The lowest BCUT2D eigenvalue weighted by Crippen LogP contribution is -2.12. The van der Waals surface area contributed by atoms with Crippen LogP contribution < -0.4 is 9.46 Å². The second-order valence-corrected chi connectivity index (χ2v) is 8.68. The third-order valence-electron chi connectivity index (χ3n) is 4.95. The molecule has 0 radical (unpaired) electrons. The first-order valence-electron chi connectivity index (χ1n) is 9.54. The van der Waals surface area contributed by atoms with E-state index in [0.717, 1.165) is 16.3 Å². The number of nitrogens with zero attached hydrogens (tertiary/aromatic N) is 3. The lowest BCUT2D eigenvalue weighted by atomic mass is 10.1. The summed E-state index contributed by atoms with van der Waals surface area (Å²) in [4.78, 5) is 4.76. The molecule has 154 valence electrons. The Hall–Kier alpha value is -3.91. The first-order valence-corrected chi connectivity index (χ1v) is 11.0. The van der Waals surface area contributed by atoms with Crippen molar-refractivity contribution in [2.75, 3.05) is 11.8 Å². The summed E-state index contributed by atoms with van der Waals surface area (Å²) in [5.41, 5.74) is 2.56. The maximum absolute atomic E-state index is 12.9. The van der Waals surface area contributed by atoms with E-state index in [1.165, 1.54) is 0 Å². The highest BCUT2D eigenvalue weighted by molar-refractivity contribution is 7.92. The summed E-state index contributed by atoms with van der Waals surface area (Å²) >= 11 is 0. The molecule has 0 fully saturated rings. The average molecular weight is 430 g/mol. The number of hydrogen-bond donors (Lipinski definition) is 1.